The average Bonchev–Trinajstić information content (AvgIpc) is 2.68. The van der Waals surface area contributed by atoms with Crippen LogP contribution in [0.2, 0.25) is 0 Å². The first kappa shape index (κ1) is 18.9. The fourth-order valence-electron chi connectivity index (χ4n) is 2.53. The number of likely N-dealkylation sites (N-methyl/N-ethyl adjacent to an activating group) is 1. The zero-order valence-corrected chi connectivity index (χ0v) is 15.7. The molecule has 0 radical (unpaired) electrons. The normalized spacial score (nSPS) is 10.4. The van der Waals surface area contributed by atoms with Crippen LogP contribution in [0.1, 0.15) is 5.56 Å². The Bertz CT molecular complexity index is 887. The Hall–Kier alpha value is -2.86. The van der Waals surface area contributed by atoms with Crippen LogP contribution < -0.4 is 10.2 Å². The van der Waals surface area contributed by atoms with Crippen molar-refractivity contribution in [3.05, 3.63) is 84.3 Å². The molecular formula is C21H20FN3OS. The maximum Gasteiger partial charge on any atom is 0.243 e. The van der Waals surface area contributed by atoms with Crippen molar-refractivity contribution < 1.29 is 9.18 Å². The molecule has 0 bridgehead atoms. The van der Waals surface area contributed by atoms with E-state index >= 15 is 0 Å². The number of nitrogens with one attached hydrogen (secondary N) is 1. The molecule has 0 spiro atoms. The maximum atomic E-state index is 13.0. The number of anilines is 2. The summed E-state index contributed by atoms with van der Waals surface area (Å²) in [5, 5.41) is 3.88. The van der Waals surface area contributed by atoms with Crippen molar-refractivity contribution in [1.29, 1.82) is 0 Å². The summed E-state index contributed by atoms with van der Waals surface area (Å²) in [6, 6.07) is 19.7. The molecule has 0 fully saturated rings. The first-order chi connectivity index (χ1) is 13.1. The van der Waals surface area contributed by atoms with Gasteiger partial charge in [0.1, 0.15) is 5.82 Å². The molecule has 3 aromatic rings. The van der Waals surface area contributed by atoms with Gasteiger partial charge in [-0.15, -0.1) is 11.8 Å². The third-order valence-corrected chi connectivity index (χ3v) is 4.90. The first-order valence-corrected chi connectivity index (χ1v) is 9.48. The Morgan fingerprint density at radius 2 is 1.93 bits per heavy atom. The van der Waals surface area contributed by atoms with Gasteiger partial charge in [0.05, 0.1) is 11.6 Å². The molecule has 1 amide bonds. The molecule has 0 aliphatic heterocycles. The van der Waals surface area contributed by atoms with Crippen LogP contribution in [0.5, 0.6) is 0 Å². The second kappa shape index (κ2) is 9.19. The van der Waals surface area contributed by atoms with Gasteiger partial charge in [-0.1, -0.05) is 18.2 Å². The summed E-state index contributed by atoms with van der Waals surface area (Å²) in [5.41, 5.74) is 2.65. The molecule has 2 aromatic carbocycles. The molecule has 1 heterocycles. The fourth-order valence-corrected chi connectivity index (χ4v) is 3.34. The van der Waals surface area contributed by atoms with Crippen LogP contribution in [0.25, 0.3) is 0 Å². The number of thioether (sulfide) groups is 1. The third kappa shape index (κ3) is 5.82. The van der Waals surface area contributed by atoms with Gasteiger partial charge in [0.2, 0.25) is 5.91 Å². The lowest BCUT2D eigenvalue weighted by Crippen LogP contribution is -2.30. The summed E-state index contributed by atoms with van der Waals surface area (Å²) >= 11 is 1.65. The van der Waals surface area contributed by atoms with Crippen LogP contribution in [0, 0.1) is 5.82 Å². The van der Waals surface area contributed by atoms with Gasteiger partial charge in [0.15, 0.2) is 0 Å². The monoisotopic (exact) mass is 381 g/mol. The molecule has 6 heteroatoms. The van der Waals surface area contributed by atoms with Crippen molar-refractivity contribution in [3.63, 3.8) is 0 Å². The van der Waals surface area contributed by atoms with Crippen molar-refractivity contribution in [3.8, 4) is 0 Å². The van der Waals surface area contributed by atoms with Crippen LogP contribution in [-0.4, -0.2) is 24.5 Å². The summed E-state index contributed by atoms with van der Waals surface area (Å²) in [6.45, 7) is 0.179. The minimum atomic E-state index is -0.294. The molecule has 1 aromatic heterocycles. The Morgan fingerprint density at radius 3 is 2.67 bits per heavy atom. The van der Waals surface area contributed by atoms with E-state index in [-0.39, 0.29) is 18.3 Å². The molecule has 1 N–H and O–H groups in total. The third-order valence-electron chi connectivity index (χ3n) is 3.88. The molecule has 27 heavy (non-hydrogen) atoms. The summed E-state index contributed by atoms with van der Waals surface area (Å²) in [5.74, 6) is 0.351. The molecule has 138 valence electrons. The van der Waals surface area contributed by atoms with E-state index in [1.165, 1.54) is 12.1 Å². The summed E-state index contributed by atoms with van der Waals surface area (Å²) in [7, 11) is 1.80. The Morgan fingerprint density at radius 1 is 1.11 bits per heavy atom. The van der Waals surface area contributed by atoms with E-state index in [0.29, 0.717) is 0 Å². The number of hydrogen-bond donors (Lipinski definition) is 1. The smallest absolute Gasteiger partial charge is 0.243 e. The SMILES string of the molecule is CN(CC(=O)Nc1cccc(CSc2ccccn2)c1)c1ccc(F)cc1. The number of rotatable bonds is 7. The van der Waals surface area contributed by atoms with Crippen LogP contribution in [0.3, 0.4) is 0 Å². The minimum absolute atomic E-state index is 0.128. The largest absolute Gasteiger partial charge is 0.365 e. The molecule has 3 rings (SSSR count). The quantitative estimate of drug-likeness (QED) is 0.608. The molecular weight excluding hydrogens is 361 g/mol. The van der Waals surface area contributed by atoms with Gasteiger partial charge in [-0.2, -0.15) is 0 Å². The number of hydrogen-bond acceptors (Lipinski definition) is 4. The summed E-state index contributed by atoms with van der Waals surface area (Å²) in [6.07, 6.45) is 1.77. The predicted molar refractivity (Wildman–Crippen MR) is 109 cm³/mol. The number of halogens is 1. The van der Waals surface area contributed by atoms with Crippen LogP contribution >= 0.6 is 11.8 Å². The number of pyridine rings is 1. The standard InChI is InChI=1S/C21H20FN3OS/c1-25(19-10-8-17(22)9-11-19)14-20(26)24-18-6-4-5-16(13-18)15-27-21-7-2-3-12-23-21/h2-13H,14-15H2,1H3,(H,24,26). The highest BCUT2D eigenvalue weighted by Crippen LogP contribution is 2.22. The second-order valence-electron chi connectivity index (χ2n) is 6.04. The molecule has 0 saturated carbocycles. The van der Waals surface area contributed by atoms with Crippen molar-refractivity contribution in [1.82, 2.24) is 4.98 Å². The number of aromatic nitrogens is 1. The van der Waals surface area contributed by atoms with Crippen molar-refractivity contribution >= 4 is 29.0 Å². The summed E-state index contributed by atoms with van der Waals surface area (Å²) in [4.78, 5) is 18.4. The number of amides is 1. The predicted octanol–water partition coefficient (Wildman–Crippen LogP) is 4.59. The van der Waals surface area contributed by atoms with E-state index in [2.05, 4.69) is 10.3 Å². The highest BCUT2D eigenvalue weighted by atomic mass is 32.2. The first-order valence-electron chi connectivity index (χ1n) is 8.49. The minimum Gasteiger partial charge on any atom is -0.365 e. The van der Waals surface area contributed by atoms with Crippen LogP contribution in [0.15, 0.2) is 78.0 Å². The lowest BCUT2D eigenvalue weighted by Gasteiger charge is -2.18. The van der Waals surface area contributed by atoms with Crippen molar-refractivity contribution in [2.75, 3.05) is 23.8 Å². The van der Waals surface area contributed by atoms with Gasteiger partial charge in [-0.05, 0) is 54.1 Å². The van der Waals surface area contributed by atoms with Crippen LogP contribution in [0.4, 0.5) is 15.8 Å². The van der Waals surface area contributed by atoms with Gasteiger partial charge in [0.25, 0.3) is 0 Å². The zero-order valence-electron chi connectivity index (χ0n) is 14.9. The van der Waals surface area contributed by atoms with Crippen molar-refractivity contribution in [2.45, 2.75) is 10.8 Å². The van der Waals surface area contributed by atoms with Gasteiger partial charge in [-0.3, -0.25) is 4.79 Å². The molecule has 0 atom stereocenters. The Balaban J connectivity index is 1.55. The van der Waals surface area contributed by atoms with E-state index in [0.717, 1.165) is 27.7 Å². The fraction of sp³-hybridized carbons (Fsp3) is 0.143. The lowest BCUT2D eigenvalue weighted by atomic mass is 10.2. The highest BCUT2D eigenvalue weighted by molar-refractivity contribution is 7.98. The van der Waals surface area contributed by atoms with Gasteiger partial charge in [0, 0.05) is 30.4 Å². The van der Waals surface area contributed by atoms with Crippen molar-refractivity contribution in [2.24, 2.45) is 0 Å². The van der Waals surface area contributed by atoms with E-state index in [1.54, 1.807) is 42.0 Å². The highest BCUT2D eigenvalue weighted by Gasteiger charge is 2.08. The van der Waals surface area contributed by atoms with E-state index in [1.807, 2.05) is 42.5 Å². The van der Waals surface area contributed by atoms with Gasteiger partial charge in [-0.25, -0.2) is 9.37 Å². The Labute approximate surface area is 162 Å². The topological polar surface area (TPSA) is 45.2 Å². The molecule has 4 nitrogen and oxygen atoms in total. The maximum absolute atomic E-state index is 13.0. The zero-order chi connectivity index (χ0) is 19.1. The van der Waals surface area contributed by atoms with E-state index < -0.39 is 0 Å². The van der Waals surface area contributed by atoms with E-state index in [9.17, 15) is 9.18 Å². The van der Waals surface area contributed by atoms with Gasteiger partial charge >= 0.3 is 0 Å². The van der Waals surface area contributed by atoms with E-state index in [4.69, 9.17) is 0 Å². The number of carbonyl (C=O) groups excluding carboxylic acids is 1. The number of carbonyl (C=O) groups is 1. The molecule has 0 aliphatic carbocycles. The Kier molecular flexibility index (Phi) is 6.44. The summed E-state index contributed by atoms with van der Waals surface area (Å²) < 4.78 is 13.0. The molecule has 0 saturated heterocycles. The average molecular weight is 381 g/mol. The molecule has 0 aliphatic rings. The lowest BCUT2D eigenvalue weighted by molar-refractivity contribution is -0.114. The number of nitrogens with zero attached hydrogens (tertiary/aromatic N) is 2. The van der Waals surface area contributed by atoms with Crippen LogP contribution in [-0.2, 0) is 10.5 Å². The second-order valence-corrected chi connectivity index (χ2v) is 7.03. The van der Waals surface area contributed by atoms with Gasteiger partial charge < -0.3 is 10.2 Å². The number of benzene rings is 2. The molecule has 0 unspecified atom stereocenters.